The predicted octanol–water partition coefficient (Wildman–Crippen LogP) is 3.47. The molecule has 0 aromatic carbocycles. The van der Waals surface area contributed by atoms with Gasteiger partial charge >= 0.3 is 0 Å². The summed E-state index contributed by atoms with van der Waals surface area (Å²) < 4.78 is 2.15. The lowest BCUT2D eigenvalue weighted by molar-refractivity contribution is 0.637. The van der Waals surface area contributed by atoms with Crippen LogP contribution in [0.1, 0.15) is 24.6 Å². The van der Waals surface area contributed by atoms with Crippen LogP contribution in [0.5, 0.6) is 0 Å². The van der Waals surface area contributed by atoms with Crippen molar-refractivity contribution in [1.29, 1.82) is 0 Å². The van der Waals surface area contributed by atoms with Crippen LogP contribution in [-0.2, 0) is 13.0 Å². The van der Waals surface area contributed by atoms with E-state index >= 15 is 0 Å². The highest BCUT2D eigenvalue weighted by molar-refractivity contribution is 7.99. The first-order valence-corrected chi connectivity index (χ1v) is 7.79. The fraction of sp³-hybridized carbons (Fsp3) is 0.500. The summed E-state index contributed by atoms with van der Waals surface area (Å²) >= 11 is 3.62. The average molecular weight is 267 g/mol. The maximum absolute atomic E-state index is 4.17. The van der Waals surface area contributed by atoms with Gasteiger partial charge in [0.05, 0.1) is 0 Å². The summed E-state index contributed by atoms with van der Waals surface area (Å²) in [5, 5.41) is 11.3. The van der Waals surface area contributed by atoms with E-state index in [0.29, 0.717) is 0 Å². The molecule has 0 atom stereocenters. The smallest absolute Gasteiger partial charge is 0.191 e. The summed E-state index contributed by atoms with van der Waals surface area (Å²) in [6.45, 7) is 3.18. The molecule has 0 fully saturated rings. The van der Waals surface area contributed by atoms with Crippen molar-refractivity contribution in [3.8, 4) is 0 Å². The van der Waals surface area contributed by atoms with Crippen molar-refractivity contribution < 1.29 is 0 Å². The van der Waals surface area contributed by atoms with E-state index in [1.54, 1.807) is 0 Å². The Labute approximate surface area is 110 Å². The van der Waals surface area contributed by atoms with E-state index in [1.807, 2.05) is 29.4 Å². The normalized spacial score (nSPS) is 10.9. The van der Waals surface area contributed by atoms with Crippen LogP contribution >= 0.6 is 23.1 Å². The molecule has 0 N–H and O–H groups in total. The molecule has 0 saturated carbocycles. The van der Waals surface area contributed by atoms with Crippen molar-refractivity contribution in [3.05, 3.63) is 28.7 Å². The van der Waals surface area contributed by atoms with E-state index in [-0.39, 0.29) is 0 Å². The van der Waals surface area contributed by atoms with Gasteiger partial charge in [-0.05, 0) is 24.3 Å². The molecule has 0 aliphatic rings. The molecule has 2 aromatic heterocycles. The largest absolute Gasteiger partial charge is 0.308 e. The van der Waals surface area contributed by atoms with Gasteiger partial charge in [-0.3, -0.25) is 0 Å². The predicted molar refractivity (Wildman–Crippen MR) is 73.7 cm³/mol. The lowest BCUT2D eigenvalue weighted by Crippen LogP contribution is -2.01. The number of unbranched alkanes of at least 4 members (excludes halogenated alkanes) is 1. The first-order chi connectivity index (χ1) is 8.40. The number of hydrogen-bond donors (Lipinski definition) is 0. The Morgan fingerprint density at radius 1 is 1.47 bits per heavy atom. The minimum Gasteiger partial charge on any atom is -0.308 e. The first kappa shape index (κ1) is 12.6. The minimum absolute atomic E-state index is 0.974. The third kappa shape index (κ3) is 3.85. The van der Waals surface area contributed by atoms with Crippen LogP contribution < -0.4 is 0 Å². The molecule has 0 spiro atoms. The molecule has 2 aromatic rings. The molecule has 0 amide bonds. The third-order valence-corrected chi connectivity index (χ3v) is 4.49. The lowest BCUT2D eigenvalue weighted by Gasteiger charge is -2.04. The zero-order chi connectivity index (χ0) is 11.9. The second kappa shape index (κ2) is 6.81. The van der Waals surface area contributed by atoms with E-state index in [4.69, 9.17) is 0 Å². The standard InChI is InChI=1S/C12H17N3S2/c1-2-3-8-17-12-14-13-10-15(12)7-6-11-5-4-9-16-11/h4-5,9-10H,2-3,6-8H2,1H3. The first-order valence-electron chi connectivity index (χ1n) is 5.93. The molecule has 3 nitrogen and oxygen atoms in total. The van der Waals surface area contributed by atoms with E-state index in [1.165, 1.54) is 17.7 Å². The Kier molecular flexibility index (Phi) is 5.07. The molecule has 5 heteroatoms. The molecule has 0 radical (unpaired) electrons. The van der Waals surface area contributed by atoms with Crippen LogP contribution in [-0.4, -0.2) is 20.5 Å². The second-order valence-electron chi connectivity index (χ2n) is 3.84. The quantitative estimate of drug-likeness (QED) is 0.568. The molecule has 0 unspecified atom stereocenters. The number of aryl methyl sites for hydroxylation is 2. The average Bonchev–Trinajstić information content (AvgIpc) is 2.97. The highest BCUT2D eigenvalue weighted by Gasteiger charge is 2.04. The summed E-state index contributed by atoms with van der Waals surface area (Å²) in [6, 6.07) is 4.28. The maximum atomic E-state index is 4.17. The highest BCUT2D eigenvalue weighted by atomic mass is 32.2. The number of nitrogens with zero attached hydrogens (tertiary/aromatic N) is 3. The van der Waals surface area contributed by atoms with Gasteiger partial charge in [0.2, 0.25) is 0 Å². The van der Waals surface area contributed by atoms with Crippen molar-refractivity contribution in [2.45, 2.75) is 37.9 Å². The Bertz CT molecular complexity index is 423. The van der Waals surface area contributed by atoms with Gasteiger partial charge in [-0.25, -0.2) is 0 Å². The van der Waals surface area contributed by atoms with Crippen molar-refractivity contribution in [3.63, 3.8) is 0 Å². The summed E-state index contributed by atoms with van der Waals surface area (Å²) in [4.78, 5) is 1.42. The highest BCUT2D eigenvalue weighted by Crippen LogP contribution is 2.17. The number of aromatic nitrogens is 3. The zero-order valence-corrected chi connectivity index (χ0v) is 11.6. The van der Waals surface area contributed by atoms with Crippen LogP contribution in [0.4, 0.5) is 0 Å². The van der Waals surface area contributed by atoms with Crippen molar-refractivity contribution in [2.75, 3.05) is 5.75 Å². The van der Waals surface area contributed by atoms with Crippen molar-refractivity contribution >= 4 is 23.1 Å². The zero-order valence-electron chi connectivity index (χ0n) is 10.0. The van der Waals surface area contributed by atoms with E-state index in [2.05, 4.69) is 39.2 Å². The third-order valence-electron chi connectivity index (χ3n) is 2.49. The summed E-state index contributed by atoms with van der Waals surface area (Å²) in [5.41, 5.74) is 0. The second-order valence-corrected chi connectivity index (χ2v) is 5.93. The van der Waals surface area contributed by atoms with Crippen LogP contribution in [0.3, 0.4) is 0 Å². The Morgan fingerprint density at radius 3 is 3.18 bits per heavy atom. The van der Waals surface area contributed by atoms with E-state index in [0.717, 1.165) is 23.9 Å². The lowest BCUT2D eigenvalue weighted by atomic mass is 10.3. The van der Waals surface area contributed by atoms with Crippen LogP contribution in [0.2, 0.25) is 0 Å². The molecule has 17 heavy (non-hydrogen) atoms. The van der Waals surface area contributed by atoms with Gasteiger partial charge in [0.1, 0.15) is 6.33 Å². The topological polar surface area (TPSA) is 30.7 Å². The van der Waals surface area contributed by atoms with Crippen LogP contribution in [0.25, 0.3) is 0 Å². The Hall–Kier alpha value is -0.810. The monoisotopic (exact) mass is 267 g/mol. The number of thiophene rings is 1. The summed E-state index contributed by atoms with van der Waals surface area (Å²) in [5.74, 6) is 1.13. The van der Waals surface area contributed by atoms with Gasteiger partial charge in [0.25, 0.3) is 0 Å². The SMILES string of the molecule is CCCCSc1nncn1CCc1cccs1. The van der Waals surface area contributed by atoms with Gasteiger partial charge in [-0.1, -0.05) is 31.2 Å². The van der Waals surface area contributed by atoms with E-state index in [9.17, 15) is 0 Å². The molecular formula is C12H17N3S2. The molecular weight excluding hydrogens is 250 g/mol. The Morgan fingerprint density at radius 2 is 2.41 bits per heavy atom. The maximum Gasteiger partial charge on any atom is 0.191 e. The minimum atomic E-state index is 0.974. The molecule has 0 aliphatic heterocycles. The fourth-order valence-electron chi connectivity index (χ4n) is 1.50. The molecule has 2 heterocycles. The van der Waals surface area contributed by atoms with Gasteiger partial charge in [0.15, 0.2) is 5.16 Å². The molecule has 0 saturated heterocycles. The number of hydrogen-bond acceptors (Lipinski definition) is 4. The molecule has 0 bridgehead atoms. The molecule has 0 aliphatic carbocycles. The number of thioether (sulfide) groups is 1. The van der Waals surface area contributed by atoms with Crippen molar-refractivity contribution in [2.24, 2.45) is 0 Å². The fourth-order valence-corrected chi connectivity index (χ4v) is 3.23. The molecule has 92 valence electrons. The van der Waals surface area contributed by atoms with Crippen LogP contribution in [0, 0.1) is 0 Å². The number of rotatable bonds is 7. The van der Waals surface area contributed by atoms with Gasteiger partial charge in [-0.2, -0.15) is 0 Å². The van der Waals surface area contributed by atoms with Gasteiger partial charge in [0, 0.05) is 17.2 Å². The van der Waals surface area contributed by atoms with E-state index < -0.39 is 0 Å². The summed E-state index contributed by atoms with van der Waals surface area (Å²) in [7, 11) is 0. The van der Waals surface area contributed by atoms with Gasteiger partial charge in [-0.15, -0.1) is 21.5 Å². The van der Waals surface area contributed by atoms with Crippen LogP contribution in [0.15, 0.2) is 29.0 Å². The molecule has 2 rings (SSSR count). The van der Waals surface area contributed by atoms with Gasteiger partial charge < -0.3 is 4.57 Å². The Balaban J connectivity index is 1.85. The summed E-state index contributed by atoms with van der Waals surface area (Å²) in [6.07, 6.45) is 5.37. The van der Waals surface area contributed by atoms with Crippen molar-refractivity contribution in [1.82, 2.24) is 14.8 Å².